The van der Waals surface area contributed by atoms with Crippen LogP contribution < -0.4 is 0 Å². The van der Waals surface area contributed by atoms with Crippen LogP contribution in [0.5, 0.6) is 0 Å². The molecule has 24 heavy (non-hydrogen) atoms. The number of aromatic nitrogens is 4. The van der Waals surface area contributed by atoms with Crippen molar-refractivity contribution >= 4 is 28.5 Å². The summed E-state index contributed by atoms with van der Waals surface area (Å²) in [5.74, 6) is 0.867. The van der Waals surface area contributed by atoms with Crippen molar-refractivity contribution in [3.05, 3.63) is 47.0 Å². The molecule has 0 aliphatic rings. The summed E-state index contributed by atoms with van der Waals surface area (Å²) in [5, 5.41) is 4.89. The van der Waals surface area contributed by atoms with Crippen LogP contribution in [0.25, 0.3) is 11.0 Å². The summed E-state index contributed by atoms with van der Waals surface area (Å²) in [6.07, 6.45) is 4.28. The Morgan fingerprint density at radius 1 is 1.46 bits per heavy atom. The predicted molar refractivity (Wildman–Crippen MR) is 94.1 cm³/mol. The highest BCUT2D eigenvalue weighted by Gasteiger charge is 2.19. The first-order valence-electron chi connectivity index (χ1n) is 7.84. The number of rotatable bonds is 5. The van der Waals surface area contributed by atoms with Gasteiger partial charge >= 0.3 is 0 Å². The van der Waals surface area contributed by atoms with E-state index in [1.807, 2.05) is 38.2 Å². The van der Waals surface area contributed by atoms with Gasteiger partial charge in [-0.05, 0) is 37.6 Å². The molecule has 126 valence electrons. The largest absolute Gasteiger partial charge is 0.343 e. The van der Waals surface area contributed by atoms with E-state index < -0.39 is 0 Å². The van der Waals surface area contributed by atoms with Gasteiger partial charge in [0.15, 0.2) is 0 Å². The molecule has 1 amide bonds. The molecule has 3 aromatic rings. The first-order chi connectivity index (χ1) is 11.4. The lowest BCUT2D eigenvalue weighted by Gasteiger charge is -2.21. The third-order valence-corrected chi connectivity index (χ3v) is 4.27. The summed E-state index contributed by atoms with van der Waals surface area (Å²) in [5.41, 5.74) is 2.83. The summed E-state index contributed by atoms with van der Waals surface area (Å²) >= 11 is 5.98. The molecule has 0 bridgehead atoms. The first-order valence-corrected chi connectivity index (χ1v) is 8.21. The number of amides is 1. The van der Waals surface area contributed by atoms with Gasteiger partial charge in [-0.15, -0.1) is 0 Å². The maximum Gasteiger partial charge on any atom is 0.246 e. The number of hydrogen-bond acceptors (Lipinski definition) is 3. The molecule has 6 nitrogen and oxygen atoms in total. The topological polar surface area (TPSA) is 66.8 Å². The summed E-state index contributed by atoms with van der Waals surface area (Å²) < 4.78 is 1.69. The van der Waals surface area contributed by atoms with Gasteiger partial charge in [0.2, 0.25) is 5.91 Å². The molecule has 1 atom stereocenters. The van der Waals surface area contributed by atoms with E-state index in [1.54, 1.807) is 22.8 Å². The van der Waals surface area contributed by atoms with E-state index in [0.29, 0.717) is 18.0 Å². The number of hydrogen-bond donors (Lipinski definition) is 1. The predicted octanol–water partition coefficient (Wildman–Crippen LogP) is 2.98. The summed E-state index contributed by atoms with van der Waals surface area (Å²) in [4.78, 5) is 22.0. The van der Waals surface area contributed by atoms with Crippen LogP contribution in [0, 0.1) is 6.92 Å². The fourth-order valence-electron chi connectivity index (χ4n) is 2.61. The fourth-order valence-corrected chi connectivity index (χ4v) is 2.79. The van der Waals surface area contributed by atoms with Gasteiger partial charge in [0.05, 0.1) is 17.2 Å². The Morgan fingerprint density at radius 3 is 2.96 bits per heavy atom. The number of halogens is 1. The van der Waals surface area contributed by atoms with Gasteiger partial charge in [-0.3, -0.25) is 9.48 Å². The average molecular weight is 346 g/mol. The van der Waals surface area contributed by atoms with Gasteiger partial charge in [-0.2, -0.15) is 5.10 Å². The summed E-state index contributed by atoms with van der Waals surface area (Å²) in [6, 6.07) is 5.23. The number of aryl methyl sites for hydroxylation is 1. The maximum absolute atomic E-state index is 12.5. The van der Waals surface area contributed by atoms with Gasteiger partial charge < -0.3 is 9.88 Å². The highest BCUT2D eigenvalue weighted by Crippen LogP contribution is 2.17. The van der Waals surface area contributed by atoms with Crippen LogP contribution in [-0.2, 0) is 11.2 Å². The van der Waals surface area contributed by atoms with Crippen molar-refractivity contribution in [2.24, 2.45) is 0 Å². The van der Waals surface area contributed by atoms with E-state index >= 15 is 0 Å². The van der Waals surface area contributed by atoms with Gasteiger partial charge in [-0.1, -0.05) is 11.6 Å². The number of carbonyl (C=O) groups is 1. The highest BCUT2D eigenvalue weighted by atomic mass is 35.5. The van der Waals surface area contributed by atoms with Crippen LogP contribution in [0.2, 0.25) is 5.02 Å². The monoisotopic (exact) mass is 345 g/mol. The van der Waals surface area contributed by atoms with Gasteiger partial charge in [0, 0.05) is 31.2 Å². The zero-order chi connectivity index (χ0) is 17.3. The second-order valence-corrected chi connectivity index (χ2v) is 6.46. The number of carbonyl (C=O) groups excluding carboxylic acids is 1. The molecule has 0 saturated carbocycles. The SMILES string of the molecule is Cc1cnn(C(C)C(=O)N(C)CCc2nc3ccc(Cl)cc3[nH]2)c1. The molecule has 0 spiro atoms. The lowest BCUT2D eigenvalue weighted by Crippen LogP contribution is -2.34. The number of likely N-dealkylation sites (N-methyl/N-ethyl adjacent to an activating group) is 1. The van der Waals surface area contributed by atoms with E-state index in [-0.39, 0.29) is 11.9 Å². The van der Waals surface area contributed by atoms with Crippen molar-refractivity contribution in [1.29, 1.82) is 0 Å². The summed E-state index contributed by atoms with van der Waals surface area (Å²) in [7, 11) is 1.80. The molecule has 1 N–H and O–H groups in total. The van der Waals surface area contributed by atoms with Crippen molar-refractivity contribution in [2.75, 3.05) is 13.6 Å². The third-order valence-electron chi connectivity index (χ3n) is 4.04. The average Bonchev–Trinajstić information content (AvgIpc) is 3.16. The zero-order valence-corrected chi connectivity index (χ0v) is 14.7. The minimum Gasteiger partial charge on any atom is -0.343 e. The molecular weight excluding hydrogens is 326 g/mol. The van der Waals surface area contributed by atoms with Crippen LogP contribution in [0.3, 0.4) is 0 Å². The first kappa shape index (κ1) is 16.5. The molecule has 2 heterocycles. The number of benzene rings is 1. The fraction of sp³-hybridized carbons (Fsp3) is 0.353. The minimum absolute atomic E-state index is 0.0252. The van der Waals surface area contributed by atoms with Crippen LogP contribution in [0.15, 0.2) is 30.6 Å². The normalized spacial score (nSPS) is 12.5. The molecule has 3 rings (SSSR count). The van der Waals surface area contributed by atoms with Crippen molar-refractivity contribution in [3.63, 3.8) is 0 Å². The number of H-pyrrole nitrogens is 1. The van der Waals surface area contributed by atoms with E-state index in [1.165, 1.54) is 0 Å². The Morgan fingerprint density at radius 2 is 2.25 bits per heavy atom. The Kier molecular flexibility index (Phi) is 4.57. The van der Waals surface area contributed by atoms with E-state index in [0.717, 1.165) is 22.4 Å². The molecule has 0 aliphatic heterocycles. The quantitative estimate of drug-likeness (QED) is 0.773. The van der Waals surface area contributed by atoms with Gasteiger partial charge in [-0.25, -0.2) is 4.98 Å². The van der Waals surface area contributed by atoms with Crippen LogP contribution in [0.1, 0.15) is 24.4 Å². The Balaban J connectivity index is 1.63. The Hall–Kier alpha value is -2.34. The smallest absolute Gasteiger partial charge is 0.246 e. The lowest BCUT2D eigenvalue weighted by atomic mass is 10.2. The van der Waals surface area contributed by atoms with Gasteiger partial charge in [0.25, 0.3) is 0 Å². The molecule has 1 unspecified atom stereocenters. The number of fused-ring (bicyclic) bond motifs is 1. The molecule has 0 radical (unpaired) electrons. The van der Waals surface area contributed by atoms with E-state index in [9.17, 15) is 4.79 Å². The van der Waals surface area contributed by atoms with Gasteiger partial charge in [0.1, 0.15) is 11.9 Å². The molecule has 2 aromatic heterocycles. The van der Waals surface area contributed by atoms with Crippen LogP contribution in [0.4, 0.5) is 0 Å². The minimum atomic E-state index is -0.321. The third kappa shape index (κ3) is 3.43. The number of imidazole rings is 1. The number of nitrogens with zero attached hydrogens (tertiary/aromatic N) is 4. The molecule has 0 saturated heterocycles. The van der Waals surface area contributed by atoms with Crippen LogP contribution >= 0.6 is 11.6 Å². The molecule has 7 heteroatoms. The highest BCUT2D eigenvalue weighted by molar-refractivity contribution is 6.31. The van der Waals surface area contributed by atoms with E-state index in [4.69, 9.17) is 11.6 Å². The lowest BCUT2D eigenvalue weighted by molar-refractivity contribution is -0.133. The number of nitrogens with one attached hydrogen (secondary N) is 1. The zero-order valence-electron chi connectivity index (χ0n) is 14.0. The second-order valence-electron chi connectivity index (χ2n) is 6.03. The Labute approximate surface area is 145 Å². The summed E-state index contributed by atoms with van der Waals surface area (Å²) in [6.45, 7) is 4.39. The maximum atomic E-state index is 12.5. The van der Waals surface area contributed by atoms with Crippen molar-refractivity contribution in [1.82, 2.24) is 24.6 Å². The number of aromatic amines is 1. The van der Waals surface area contributed by atoms with Crippen molar-refractivity contribution in [2.45, 2.75) is 26.3 Å². The molecule has 1 aromatic carbocycles. The van der Waals surface area contributed by atoms with E-state index in [2.05, 4.69) is 15.1 Å². The standard InChI is InChI=1S/C17H20ClN5O/c1-11-9-19-23(10-11)12(2)17(24)22(3)7-6-16-20-14-5-4-13(18)8-15(14)21-16/h4-5,8-10,12H,6-7H2,1-3H3,(H,20,21). The molecular formula is C17H20ClN5O. The van der Waals surface area contributed by atoms with Crippen molar-refractivity contribution in [3.8, 4) is 0 Å². The van der Waals surface area contributed by atoms with Crippen LogP contribution in [-0.4, -0.2) is 44.1 Å². The molecule has 0 fully saturated rings. The Bertz CT molecular complexity index is 869. The van der Waals surface area contributed by atoms with Crippen molar-refractivity contribution < 1.29 is 4.79 Å². The second kappa shape index (κ2) is 6.65. The molecule has 0 aliphatic carbocycles.